The number of alkyl halides is 2. The van der Waals surface area contributed by atoms with Gasteiger partial charge in [-0.1, -0.05) is 0 Å². The number of halogens is 2. The molecule has 3 heterocycles. The molecule has 2 N–H and O–H groups in total. The number of carbonyl (C=O) groups is 2. The molecule has 1 saturated heterocycles. The summed E-state index contributed by atoms with van der Waals surface area (Å²) < 4.78 is 49.8. The topological polar surface area (TPSA) is 124 Å². The summed E-state index contributed by atoms with van der Waals surface area (Å²) >= 11 is 0. The van der Waals surface area contributed by atoms with Gasteiger partial charge in [0.25, 0.3) is 5.91 Å². The molecule has 1 saturated carbocycles. The number of benzene rings is 1. The Morgan fingerprint density at radius 3 is 2.62 bits per heavy atom. The fraction of sp³-hybridized carbons (Fsp3) is 0.483. The van der Waals surface area contributed by atoms with Gasteiger partial charge in [-0.2, -0.15) is 8.78 Å². The van der Waals surface area contributed by atoms with Crippen LogP contribution in [0.1, 0.15) is 50.4 Å². The second-order valence-corrected chi connectivity index (χ2v) is 11.6. The molecule has 1 aliphatic heterocycles. The first-order valence-corrected chi connectivity index (χ1v) is 13.6. The highest BCUT2D eigenvalue weighted by Gasteiger charge is 2.40. The number of pyridine rings is 1. The van der Waals surface area contributed by atoms with Crippen molar-refractivity contribution in [2.75, 3.05) is 26.8 Å². The first-order chi connectivity index (χ1) is 19.8. The summed E-state index contributed by atoms with van der Waals surface area (Å²) in [6.07, 6.45) is 4.74. The van der Waals surface area contributed by atoms with E-state index in [1.54, 1.807) is 55.8 Å². The highest BCUT2D eigenvalue weighted by atomic mass is 19.3. The van der Waals surface area contributed by atoms with Crippen LogP contribution >= 0.6 is 0 Å². The Balaban J connectivity index is 1.34. The number of ether oxygens (including phenoxy) is 4. The molecular weight excluding hydrogens is 554 g/mol. The number of rotatable bonds is 9. The van der Waals surface area contributed by atoms with Crippen LogP contribution in [0.4, 0.5) is 13.6 Å². The third-order valence-electron chi connectivity index (χ3n) is 6.91. The molecule has 1 aromatic carbocycles. The third kappa shape index (κ3) is 6.67. The Hall–Kier alpha value is -4.13. The molecule has 2 amide bonds. The molecule has 42 heavy (non-hydrogen) atoms. The molecule has 3 aromatic rings. The number of amides is 2. The number of methoxy groups -OCH3 is 1. The van der Waals surface area contributed by atoms with E-state index in [-0.39, 0.29) is 36.3 Å². The number of imidazole rings is 1. The van der Waals surface area contributed by atoms with Gasteiger partial charge in [0, 0.05) is 30.4 Å². The second kappa shape index (κ2) is 11.3. The van der Waals surface area contributed by atoms with Crippen LogP contribution in [0, 0.1) is 0 Å². The molecule has 11 nitrogen and oxygen atoms in total. The molecule has 13 heteroatoms. The number of β-amino-alcohol motifs (C(OH)–C–C–N with tert-alkyl or cyclic N) is 1. The molecular formula is C29H34F2N4O7. The van der Waals surface area contributed by atoms with Crippen molar-refractivity contribution in [2.45, 2.75) is 63.9 Å². The van der Waals surface area contributed by atoms with E-state index >= 15 is 0 Å². The molecule has 1 atom stereocenters. The lowest BCUT2D eigenvalue weighted by Gasteiger charge is -2.26. The van der Waals surface area contributed by atoms with Gasteiger partial charge >= 0.3 is 12.7 Å². The van der Waals surface area contributed by atoms with E-state index in [4.69, 9.17) is 18.9 Å². The fourth-order valence-corrected chi connectivity index (χ4v) is 4.74. The average molecular weight is 589 g/mol. The van der Waals surface area contributed by atoms with Crippen molar-refractivity contribution in [3.63, 3.8) is 0 Å². The van der Waals surface area contributed by atoms with Gasteiger partial charge < -0.3 is 34.3 Å². The minimum absolute atomic E-state index is 0.00904. The number of likely N-dealkylation sites (tertiary alicyclic amines) is 1. The molecule has 2 aromatic heterocycles. The second-order valence-electron chi connectivity index (χ2n) is 11.6. The third-order valence-corrected chi connectivity index (χ3v) is 6.91. The van der Waals surface area contributed by atoms with Crippen molar-refractivity contribution in [3.8, 4) is 28.5 Å². The highest BCUT2D eigenvalue weighted by Crippen LogP contribution is 2.37. The van der Waals surface area contributed by atoms with Crippen LogP contribution in [-0.2, 0) is 4.74 Å². The van der Waals surface area contributed by atoms with Crippen molar-refractivity contribution < 1.29 is 42.4 Å². The van der Waals surface area contributed by atoms with Crippen LogP contribution in [0.15, 0.2) is 36.7 Å². The maximum absolute atomic E-state index is 13.3. The van der Waals surface area contributed by atoms with E-state index in [1.165, 1.54) is 18.1 Å². The summed E-state index contributed by atoms with van der Waals surface area (Å²) in [5.41, 5.74) is -0.522. The summed E-state index contributed by atoms with van der Waals surface area (Å²) in [5, 5.41) is 13.8. The summed E-state index contributed by atoms with van der Waals surface area (Å²) in [6, 6.07) is 6.28. The van der Waals surface area contributed by atoms with E-state index in [0.717, 1.165) is 12.8 Å². The zero-order valence-corrected chi connectivity index (χ0v) is 23.9. The van der Waals surface area contributed by atoms with Crippen LogP contribution in [0.25, 0.3) is 16.9 Å². The predicted molar refractivity (Wildman–Crippen MR) is 147 cm³/mol. The number of nitrogens with one attached hydrogen (secondary N) is 1. The Morgan fingerprint density at radius 1 is 1.21 bits per heavy atom. The zero-order valence-electron chi connectivity index (χ0n) is 23.9. The lowest BCUT2D eigenvalue weighted by Crippen LogP contribution is -2.42. The fourth-order valence-electron chi connectivity index (χ4n) is 4.74. The zero-order chi connectivity index (χ0) is 30.2. The lowest BCUT2D eigenvalue weighted by molar-refractivity contribution is -0.0502. The minimum Gasteiger partial charge on any atom is -0.496 e. The highest BCUT2D eigenvalue weighted by molar-refractivity contribution is 6.01. The number of hydrogen-bond acceptors (Lipinski definition) is 8. The number of carbonyl (C=O) groups excluding carboxylic acids is 2. The SMILES string of the molecule is COc1cc(-c2cnc3cc(OCC4(O)CCN(C(=O)OC(C)(C)C)C4)ccn23)cc(OC(F)F)c1C(=O)NC1CC1. The van der Waals surface area contributed by atoms with Crippen molar-refractivity contribution in [1.82, 2.24) is 19.6 Å². The average Bonchev–Trinajstić information content (AvgIpc) is 3.47. The molecule has 1 unspecified atom stereocenters. The van der Waals surface area contributed by atoms with Crippen molar-refractivity contribution >= 4 is 17.6 Å². The molecule has 2 fully saturated rings. The van der Waals surface area contributed by atoms with Gasteiger partial charge in [-0.3, -0.25) is 9.20 Å². The molecule has 1 aliphatic carbocycles. The van der Waals surface area contributed by atoms with Crippen molar-refractivity contribution in [3.05, 3.63) is 42.2 Å². The predicted octanol–water partition coefficient (Wildman–Crippen LogP) is 4.25. The van der Waals surface area contributed by atoms with Gasteiger partial charge in [-0.25, -0.2) is 9.78 Å². The Kier molecular flexibility index (Phi) is 7.88. The van der Waals surface area contributed by atoms with Gasteiger partial charge in [0.1, 0.15) is 46.3 Å². The van der Waals surface area contributed by atoms with E-state index in [2.05, 4.69) is 10.3 Å². The molecule has 5 rings (SSSR count). The number of aliphatic hydroxyl groups is 1. The Bertz CT molecular complexity index is 1480. The van der Waals surface area contributed by atoms with Crippen LogP contribution in [0.5, 0.6) is 17.2 Å². The normalized spacial score (nSPS) is 18.8. The summed E-state index contributed by atoms with van der Waals surface area (Å²) in [7, 11) is 1.35. The van der Waals surface area contributed by atoms with Crippen molar-refractivity contribution in [2.24, 2.45) is 0 Å². The summed E-state index contributed by atoms with van der Waals surface area (Å²) in [4.78, 5) is 31.1. The van der Waals surface area contributed by atoms with Gasteiger partial charge in [-0.15, -0.1) is 0 Å². The first kappa shape index (κ1) is 29.4. The van der Waals surface area contributed by atoms with Gasteiger partial charge in [0.2, 0.25) is 0 Å². The molecule has 2 aliphatic rings. The van der Waals surface area contributed by atoms with Crippen molar-refractivity contribution in [1.29, 1.82) is 0 Å². The van der Waals surface area contributed by atoms with E-state index in [1.807, 2.05) is 0 Å². The van der Waals surface area contributed by atoms with Crippen LogP contribution < -0.4 is 19.5 Å². The van der Waals surface area contributed by atoms with Gasteiger partial charge in [0.15, 0.2) is 0 Å². The van der Waals surface area contributed by atoms with Gasteiger partial charge in [-0.05, 0) is 58.2 Å². The maximum Gasteiger partial charge on any atom is 0.410 e. The van der Waals surface area contributed by atoms with E-state index in [9.17, 15) is 23.5 Å². The summed E-state index contributed by atoms with van der Waals surface area (Å²) in [5.74, 6) is -0.330. The molecule has 0 radical (unpaired) electrons. The number of aromatic nitrogens is 2. The van der Waals surface area contributed by atoms with Crippen LogP contribution in [0.3, 0.4) is 0 Å². The number of fused-ring (bicyclic) bond motifs is 1. The van der Waals surface area contributed by atoms with E-state index < -0.39 is 29.8 Å². The lowest BCUT2D eigenvalue weighted by atomic mass is 10.1. The largest absolute Gasteiger partial charge is 0.496 e. The Morgan fingerprint density at radius 2 is 1.95 bits per heavy atom. The quantitative estimate of drug-likeness (QED) is 0.380. The van der Waals surface area contributed by atoms with E-state index in [0.29, 0.717) is 35.6 Å². The number of hydrogen-bond donors (Lipinski definition) is 2. The van der Waals surface area contributed by atoms with Crippen LogP contribution in [-0.4, -0.2) is 82.1 Å². The Labute approximate surface area is 241 Å². The molecule has 226 valence electrons. The maximum atomic E-state index is 13.3. The molecule has 0 bridgehead atoms. The number of nitrogens with zero attached hydrogens (tertiary/aromatic N) is 3. The summed E-state index contributed by atoms with van der Waals surface area (Å²) in [6.45, 7) is 2.57. The minimum atomic E-state index is -3.15. The first-order valence-electron chi connectivity index (χ1n) is 13.6. The van der Waals surface area contributed by atoms with Gasteiger partial charge in [0.05, 0.1) is 25.5 Å². The monoisotopic (exact) mass is 588 g/mol. The molecule has 0 spiro atoms. The smallest absolute Gasteiger partial charge is 0.410 e. The standard InChI is InChI=1S/C29H34F2N4O7/c1-28(2,3)42-27(37)34-10-8-29(38,15-34)16-40-19-7-9-35-20(14-32-23(35)13-19)17-11-21(39-4)24(22(12-17)41-26(30)31)25(36)33-18-5-6-18/h7,9,11-14,18,26,38H,5-6,8,10,15-16H2,1-4H3,(H,33,36). The van der Waals surface area contributed by atoms with Crippen LogP contribution in [0.2, 0.25) is 0 Å².